The molecule has 21 heavy (non-hydrogen) atoms. The van der Waals surface area contributed by atoms with Gasteiger partial charge in [-0.05, 0) is 62.6 Å². The fourth-order valence-corrected chi connectivity index (χ4v) is 2.22. The molecule has 0 fully saturated rings. The Kier molecular flexibility index (Phi) is 4.63. The van der Waals surface area contributed by atoms with Crippen LogP contribution in [0.15, 0.2) is 42.5 Å². The lowest BCUT2D eigenvalue weighted by atomic mass is 10.1. The van der Waals surface area contributed by atoms with Crippen LogP contribution in [0.5, 0.6) is 5.75 Å². The Hall–Kier alpha value is -2.29. The van der Waals surface area contributed by atoms with E-state index in [0.717, 1.165) is 28.1 Å². The number of hydrogen-bond acceptors (Lipinski definition) is 2. The maximum Gasteiger partial charge on any atom is 0.265 e. The summed E-state index contributed by atoms with van der Waals surface area (Å²) in [5, 5.41) is 2.90. The van der Waals surface area contributed by atoms with Gasteiger partial charge in [0.05, 0.1) is 0 Å². The van der Waals surface area contributed by atoms with Crippen LogP contribution in [0.4, 0.5) is 5.69 Å². The van der Waals surface area contributed by atoms with Crippen molar-refractivity contribution >= 4 is 11.6 Å². The summed E-state index contributed by atoms with van der Waals surface area (Å²) in [7, 11) is 0. The third kappa shape index (κ3) is 4.09. The Bertz CT molecular complexity index is 629. The minimum absolute atomic E-state index is 0.150. The smallest absolute Gasteiger partial charge is 0.265 e. The quantitative estimate of drug-likeness (QED) is 0.920. The standard InChI is InChI=1S/C18H21NO2/c1-12-9-13(2)11-16(10-12)19-18(20)15(4)21-17-8-6-5-7-14(17)3/h5-11,15H,1-4H3,(H,19,20). The van der Waals surface area contributed by atoms with Gasteiger partial charge in [0.2, 0.25) is 0 Å². The SMILES string of the molecule is Cc1cc(C)cc(NC(=O)C(C)Oc2ccccc2C)c1. The zero-order valence-corrected chi connectivity index (χ0v) is 12.9. The molecule has 0 saturated carbocycles. The van der Waals surface area contributed by atoms with Crippen molar-refractivity contribution in [3.8, 4) is 5.75 Å². The zero-order valence-electron chi connectivity index (χ0n) is 12.9. The number of benzene rings is 2. The molecule has 2 aromatic rings. The largest absolute Gasteiger partial charge is 0.481 e. The number of amides is 1. The van der Waals surface area contributed by atoms with E-state index >= 15 is 0 Å². The van der Waals surface area contributed by atoms with Crippen molar-refractivity contribution in [3.05, 3.63) is 59.2 Å². The van der Waals surface area contributed by atoms with Crippen LogP contribution in [0.25, 0.3) is 0 Å². The molecule has 0 spiro atoms. The maximum atomic E-state index is 12.2. The molecule has 0 aliphatic rings. The Labute approximate surface area is 126 Å². The predicted molar refractivity (Wildman–Crippen MR) is 85.8 cm³/mol. The molecule has 0 aliphatic heterocycles. The first-order chi connectivity index (χ1) is 9.95. The molecule has 1 atom stereocenters. The van der Waals surface area contributed by atoms with E-state index in [1.807, 2.05) is 57.2 Å². The van der Waals surface area contributed by atoms with Gasteiger partial charge < -0.3 is 10.1 Å². The number of carbonyl (C=O) groups excluding carboxylic acids is 1. The summed E-state index contributed by atoms with van der Waals surface area (Å²) in [5.74, 6) is 0.587. The van der Waals surface area contributed by atoms with E-state index in [1.165, 1.54) is 0 Å². The van der Waals surface area contributed by atoms with E-state index in [9.17, 15) is 4.79 Å². The molecular formula is C18H21NO2. The summed E-state index contributed by atoms with van der Waals surface area (Å²) in [6, 6.07) is 13.7. The van der Waals surface area contributed by atoms with Crippen LogP contribution in [0.1, 0.15) is 23.6 Å². The number of nitrogens with one attached hydrogen (secondary N) is 1. The molecule has 3 heteroatoms. The van der Waals surface area contributed by atoms with Crippen LogP contribution in [0.3, 0.4) is 0 Å². The number of carbonyl (C=O) groups is 1. The number of aryl methyl sites for hydroxylation is 3. The summed E-state index contributed by atoms with van der Waals surface area (Å²) < 4.78 is 5.73. The minimum Gasteiger partial charge on any atom is -0.481 e. The Balaban J connectivity index is 2.04. The predicted octanol–water partition coefficient (Wildman–Crippen LogP) is 4.02. The lowest BCUT2D eigenvalue weighted by Crippen LogP contribution is -2.30. The van der Waals surface area contributed by atoms with E-state index in [1.54, 1.807) is 6.92 Å². The van der Waals surface area contributed by atoms with Gasteiger partial charge in [-0.1, -0.05) is 24.3 Å². The molecule has 0 heterocycles. The Morgan fingerprint density at radius 3 is 2.29 bits per heavy atom. The second-order valence-corrected chi connectivity index (χ2v) is 5.39. The van der Waals surface area contributed by atoms with Gasteiger partial charge in [0, 0.05) is 5.69 Å². The van der Waals surface area contributed by atoms with E-state index < -0.39 is 6.10 Å². The van der Waals surface area contributed by atoms with Crippen molar-refractivity contribution in [1.29, 1.82) is 0 Å². The van der Waals surface area contributed by atoms with Crippen molar-refractivity contribution in [2.45, 2.75) is 33.8 Å². The summed E-state index contributed by atoms with van der Waals surface area (Å²) in [5.41, 5.74) is 4.07. The summed E-state index contributed by atoms with van der Waals surface area (Å²) in [4.78, 5) is 12.2. The second kappa shape index (κ2) is 6.44. The maximum absolute atomic E-state index is 12.2. The molecular weight excluding hydrogens is 262 g/mol. The molecule has 2 aromatic carbocycles. The van der Waals surface area contributed by atoms with E-state index in [4.69, 9.17) is 4.74 Å². The van der Waals surface area contributed by atoms with Crippen LogP contribution < -0.4 is 10.1 Å². The van der Waals surface area contributed by atoms with Crippen LogP contribution in [-0.4, -0.2) is 12.0 Å². The average Bonchev–Trinajstić information content (AvgIpc) is 2.40. The number of ether oxygens (including phenoxy) is 1. The molecule has 110 valence electrons. The summed E-state index contributed by atoms with van der Waals surface area (Å²) in [6.45, 7) is 7.74. The number of hydrogen-bond donors (Lipinski definition) is 1. The van der Waals surface area contributed by atoms with E-state index in [2.05, 4.69) is 11.4 Å². The Morgan fingerprint density at radius 1 is 1.05 bits per heavy atom. The molecule has 0 aliphatic carbocycles. The highest BCUT2D eigenvalue weighted by atomic mass is 16.5. The lowest BCUT2D eigenvalue weighted by molar-refractivity contribution is -0.122. The van der Waals surface area contributed by atoms with Gasteiger partial charge in [0.25, 0.3) is 5.91 Å². The van der Waals surface area contributed by atoms with Crippen molar-refractivity contribution in [2.24, 2.45) is 0 Å². The van der Waals surface area contributed by atoms with Gasteiger partial charge in [-0.15, -0.1) is 0 Å². The van der Waals surface area contributed by atoms with Crippen LogP contribution in [0.2, 0.25) is 0 Å². The van der Waals surface area contributed by atoms with E-state index in [-0.39, 0.29) is 5.91 Å². The molecule has 2 rings (SSSR count). The topological polar surface area (TPSA) is 38.3 Å². The molecule has 1 N–H and O–H groups in total. The number of para-hydroxylation sites is 1. The van der Waals surface area contributed by atoms with Gasteiger partial charge >= 0.3 is 0 Å². The Morgan fingerprint density at radius 2 is 1.67 bits per heavy atom. The first-order valence-electron chi connectivity index (χ1n) is 7.07. The average molecular weight is 283 g/mol. The fraction of sp³-hybridized carbons (Fsp3) is 0.278. The number of anilines is 1. The summed E-state index contributed by atoms with van der Waals surface area (Å²) >= 11 is 0. The third-order valence-electron chi connectivity index (χ3n) is 3.26. The van der Waals surface area contributed by atoms with Crippen LogP contribution >= 0.6 is 0 Å². The molecule has 0 aromatic heterocycles. The third-order valence-corrected chi connectivity index (χ3v) is 3.26. The minimum atomic E-state index is -0.549. The zero-order chi connectivity index (χ0) is 15.4. The molecule has 3 nitrogen and oxygen atoms in total. The molecule has 1 amide bonds. The highest BCUT2D eigenvalue weighted by Gasteiger charge is 2.15. The van der Waals surface area contributed by atoms with Crippen molar-refractivity contribution in [2.75, 3.05) is 5.32 Å². The van der Waals surface area contributed by atoms with Gasteiger partial charge in [-0.2, -0.15) is 0 Å². The van der Waals surface area contributed by atoms with Gasteiger partial charge in [-0.25, -0.2) is 0 Å². The summed E-state index contributed by atoms with van der Waals surface area (Å²) in [6.07, 6.45) is -0.549. The first kappa shape index (κ1) is 15.1. The molecule has 0 saturated heterocycles. The first-order valence-corrected chi connectivity index (χ1v) is 7.07. The van der Waals surface area contributed by atoms with Crippen LogP contribution in [-0.2, 0) is 4.79 Å². The number of rotatable bonds is 4. The molecule has 0 bridgehead atoms. The second-order valence-electron chi connectivity index (χ2n) is 5.39. The van der Waals surface area contributed by atoms with Gasteiger partial charge in [-0.3, -0.25) is 4.79 Å². The van der Waals surface area contributed by atoms with Crippen molar-refractivity contribution in [3.63, 3.8) is 0 Å². The van der Waals surface area contributed by atoms with Crippen LogP contribution in [0, 0.1) is 20.8 Å². The highest BCUT2D eigenvalue weighted by Crippen LogP contribution is 2.19. The fourth-order valence-electron chi connectivity index (χ4n) is 2.22. The van der Waals surface area contributed by atoms with Gasteiger partial charge in [0.15, 0.2) is 6.10 Å². The van der Waals surface area contributed by atoms with Crippen molar-refractivity contribution in [1.82, 2.24) is 0 Å². The lowest BCUT2D eigenvalue weighted by Gasteiger charge is -2.16. The highest BCUT2D eigenvalue weighted by molar-refractivity contribution is 5.94. The van der Waals surface area contributed by atoms with Crippen molar-refractivity contribution < 1.29 is 9.53 Å². The van der Waals surface area contributed by atoms with Gasteiger partial charge in [0.1, 0.15) is 5.75 Å². The van der Waals surface area contributed by atoms with E-state index in [0.29, 0.717) is 0 Å². The normalized spacial score (nSPS) is 11.8. The monoisotopic (exact) mass is 283 g/mol. The molecule has 1 unspecified atom stereocenters. The molecule has 0 radical (unpaired) electrons.